The molecule has 0 unspecified atom stereocenters. The predicted octanol–water partition coefficient (Wildman–Crippen LogP) is 6.08. The second-order valence-electron chi connectivity index (χ2n) is 9.67. The number of carbonyl (C=O) groups excluding carboxylic acids is 3. The maximum atomic E-state index is 14.2. The number of amides is 2. The number of rotatable bonds is 4. The fourth-order valence-electron chi connectivity index (χ4n) is 5.71. The molecular weight excluding hydrogens is 547 g/mol. The summed E-state index contributed by atoms with van der Waals surface area (Å²) >= 11 is 14.1. The normalized spacial score (nSPS) is 22.6. The first kappa shape index (κ1) is 25.4. The predicted molar refractivity (Wildman–Crippen MR) is 146 cm³/mol. The van der Waals surface area contributed by atoms with Gasteiger partial charge in [0.15, 0.2) is 6.10 Å². The molecule has 2 aromatic carbocycles. The Bertz CT molecular complexity index is 1490. The Morgan fingerprint density at radius 1 is 1.08 bits per heavy atom. The number of hydroxylamine groups is 1. The molecule has 3 aliphatic rings. The largest absolute Gasteiger partial charge is 0.465 e. The van der Waals surface area contributed by atoms with Crippen LogP contribution in [0.2, 0.25) is 10.0 Å². The number of ether oxygens (including phenoxy) is 1. The maximum Gasteiger partial charge on any atom is 0.341 e. The molecule has 196 valence electrons. The van der Waals surface area contributed by atoms with Gasteiger partial charge in [0.05, 0.1) is 24.4 Å². The Balaban J connectivity index is 1.48. The first-order valence-corrected chi connectivity index (χ1v) is 14.0. The second kappa shape index (κ2) is 9.68. The number of hydrogen-bond acceptors (Lipinski definition) is 7. The monoisotopic (exact) mass is 570 g/mol. The molecule has 0 radical (unpaired) electrons. The van der Waals surface area contributed by atoms with E-state index in [1.54, 1.807) is 23.3 Å². The molecule has 10 heteroatoms. The van der Waals surface area contributed by atoms with Crippen LogP contribution in [-0.4, -0.2) is 31.0 Å². The number of fused-ring (bicyclic) bond motifs is 2. The fourth-order valence-corrected chi connectivity index (χ4v) is 7.62. The topological polar surface area (TPSA) is 76.2 Å². The van der Waals surface area contributed by atoms with Crippen LogP contribution in [0.15, 0.2) is 42.5 Å². The third-order valence-electron chi connectivity index (χ3n) is 7.49. The van der Waals surface area contributed by atoms with E-state index in [2.05, 4.69) is 0 Å². The molecule has 7 nitrogen and oxygen atoms in total. The molecule has 2 amide bonds. The number of benzene rings is 2. The molecule has 2 fully saturated rings. The highest BCUT2D eigenvalue weighted by Gasteiger charge is 2.61. The molecule has 2 saturated heterocycles. The number of thiophene rings is 1. The number of hydrogen-bond donors (Lipinski definition) is 0. The smallest absolute Gasteiger partial charge is 0.341 e. The van der Waals surface area contributed by atoms with Crippen molar-refractivity contribution in [2.45, 2.75) is 44.8 Å². The van der Waals surface area contributed by atoms with Gasteiger partial charge in [-0.3, -0.25) is 14.4 Å². The van der Waals surface area contributed by atoms with E-state index in [9.17, 15) is 14.4 Å². The summed E-state index contributed by atoms with van der Waals surface area (Å²) in [7, 11) is 1.31. The van der Waals surface area contributed by atoms with Crippen molar-refractivity contribution in [3.8, 4) is 0 Å². The van der Waals surface area contributed by atoms with E-state index < -0.39 is 35.8 Å². The van der Waals surface area contributed by atoms with Gasteiger partial charge < -0.3 is 4.74 Å². The van der Waals surface area contributed by atoms with Crippen molar-refractivity contribution < 1.29 is 24.0 Å². The first-order valence-electron chi connectivity index (χ1n) is 12.4. The van der Waals surface area contributed by atoms with E-state index >= 15 is 0 Å². The maximum absolute atomic E-state index is 14.2. The lowest BCUT2D eigenvalue weighted by molar-refractivity contribution is -0.126. The standard InChI is InChI=1S/C28H24Cl2N2O5S/c1-14-7-3-5-9-19(14)32-23(16-12-11-15(29)13-18(16)30)22-24(37-32)26(34)31(25(22)33)27-21(28(35)36-2)17-8-4-6-10-20(17)38-27/h3,5,7,9,11-13,22-24H,4,6,8,10H2,1-2H3/t22-,23-,24+/m0/s1. The second-order valence-corrected chi connectivity index (χ2v) is 11.6. The van der Waals surface area contributed by atoms with Crippen LogP contribution in [0.25, 0.3) is 0 Å². The molecule has 0 bridgehead atoms. The minimum absolute atomic E-state index is 0.311. The Morgan fingerprint density at radius 3 is 2.58 bits per heavy atom. The van der Waals surface area contributed by atoms with Crippen molar-refractivity contribution in [3.05, 3.63) is 79.6 Å². The number of imide groups is 1. The molecule has 3 heterocycles. The first-order chi connectivity index (χ1) is 18.3. The van der Waals surface area contributed by atoms with Gasteiger partial charge in [0.1, 0.15) is 10.9 Å². The summed E-state index contributed by atoms with van der Waals surface area (Å²) in [5.41, 5.74) is 3.45. The van der Waals surface area contributed by atoms with Crippen molar-refractivity contribution >= 4 is 63.0 Å². The third-order valence-corrected chi connectivity index (χ3v) is 9.33. The van der Waals surface area contributed by atoms with Gasteiger partial charge in [-0.25, -0.2) is 14.8 Å². The van der Waals surface area contributed by atoms with Crippen molar-refractivity contribution in [2.24, 2.45) is 5.92 Å². The van der Waals surface area contributed by atoms with Gasteiger partial charge in [0.25, 0.3) is 5.91 Å². The summed E-state index contributed by atoms with van der Waals surface area (Å²) in [5.74, 6) is -2.37. The molecule has 0 spiro atoms. The van der Waals surface area contributed by atoms with E-state index in [1.807, 2.05) is 31.2 Å². The average Bonchev–Trinajstić information content (AvgIpc) is 3.54. The van der Waals surface area contributed by atoms with Crippen molar-refractivity contribution in [1.29, 1.82) is 0 Å². The quantitative estimate of drug-likeness (QED) is 0.279. The molecule has 3 aromatic rings. The van der Waals surface area contributed by atoms with Crippen molar-refractivity contribution in [2.75, 3.05) is 17.1 Å². The number of carbonyl (C=O) groups is 3. The SMILES string of the molecule is COC(=O)c1c(N2C(=O)[C@@H]3[C@@H](ON(c4ccccc4C)[C@H]3c3ccc(Cl)cc3Cl)C2=O)sc2c1CCCC2. The van der Waals surface area contributed by atoms with Gasteiger partial charge in [0, 0.05) is 14.9 Å². The van der Waals surface area contributed by atoms with E-state index in [4.69, 9.17) is 32.8 Å². The number of anilines is 2. The van der Waals surface area contributed by atoms with Crippen molar-refractivity contribution in [1.82, 2.24) is 0 Å². The number of nitrogens with zero attached hydrogens (tertiary/aromatic N) is 2. The lowest BCUT2D eigenvalue weighted by atomic mass is 9.90. The summed E-state index contributed by atoms with van der Waals surface area (Å²) < 4.78 is 5.08. The summed E-state index contributed by atoms with van der Waals surface area (Å²) in [6, 6.07) is 12.0. The third kappa shape index (κ3) is 3.85. The fraction of sp³-hybridized carbons (Fsp3) is 0.321. The van der Waals surface area contributed by atoms with Gasteiger partial charge in [-0.1, -0.05) is 47.5 Å². The van der Waals surface area contributed by atoms with Gasteiger partial charge in [-0.2, -0.15) is 0 Å². The molecular formula is C28H24Cl2N2O5S. The molecule has 6 rings (SSSR count). The summed E-state index contributed by atoms with van der Waals surface area (Å²) in [6.45, 7) is 1.93. The molecule has 1 aliphatic carbocycles. The van der Waals surface area contributed by atoms with Crippen LogP contribution in [0.5, 0.6) is 0 Å². The van der Waals surface area contributed by atoms with E-state index in [1.165, 1.54) is 18.4 Å². The van der Waals surface area contributed by atoms with Gasteiger partial charge >= 0.3 is 5.97 Å². The molecule has 38 heavy (non-hydrogen) atoms. The lowest BCUT2D eigenvalue weighted by Gasteiger charge is -2.30. The summed E-state index contributed by atoms with van der Waals surface area (Å²) in [5, 5.41) is 2.76. The lowest BCUT2D eigenvalue weighted by Crippen LogP contribution is -2.38. The number of esters is 1. The van der Waals surface area contributed by atoms with Crippen LogP contribution in [0.4, 0.5) is 10.7 Å². The molecule has 0 saturated carbocycles. The summed E-state index contributed by atoms with van der Waals surface area (Å²) in [6.07, 6.45) is 2.36. The van der Waals surface area contributed by atoms with Gasteiger partial charge in [-0.05, 0) is 67.5 Å². The molecule has 1 aromatic heterocycles. The Morgan fingerprint density at radius 2 is 1.84 bits per heavy atom. The van der Waals surface area contributed by atoms with Crippen LogP contribution in [0.3, 0.4) is 0 Å². The Labute approximate surface area is 233 Å². The zero-order valence-electron chi connectivity index (χ0n) is 20.7. The van der Waals surface area contributed by atoms with E-state index in [0.29, 0.717) is 32.6 Å². The van der Waals surface area contributed by atoms with Crippen LogP contribution < -0.4 is 9.96 Å². The highest BCUT2D eigenvalue weighted by molar-refractivity contribution is 7.17. The van der Waals surface area contributed by atoms with E-state index in [0.717, 1.165) is 45.9 Å². The van der Waals surface area contributed by atoms with Crippen LogP contribution in [-0.2, 0) is 32.0 Å². The van der Waals surface area contributed by atoms with Crippen molar-refractivity contribution in [3.63, 3.8) is 0 Å². The number of halogens is 2. The molecule has 0 N–H and O–H groups in total. The Hall–Kier alpha value is -2.91. The zero-order valence-corrected chi connectivity index (χ0v) is 23.0. The molecule has 2 aliphatic heterocycles. The summed E-state index contributed by atoms with van der Waals surface area (Å²) in [4.78, 5) is 49.4. The number of aryl methyl sites for hydroxylation is 2. The minimum Gasteiger partial charge on any atom is -0.465 e. The van der Waals surface area contributed by atoms with E-state index in [-0.39, 0.29) is 0 Å². The Kier molecular flexibility index (Phi) is 6.46. The zero-order chi connectivity index (χ0) is 26.7. The molecule has 3 atom stereocenters. The van der Waals surface area contributed by atoms with Gasteiger partial charge in [0.2, 0.25) is 5.91 Å². The van der Waals surface area contributed by atoms with Gasteiger partial charge in [-0.15, -0.1) is 11.3 Å². The highest BCUT2D eigenvalue weighted by Crippen LogP contribution is 2.51. The number of methoxy groups -OCH3 is 1. The van der Waals surface area contributed by atoms with Crippen LogP contribution in [0.1, 0.15) is 50.8 Å². The minimum atomic E-state index is -1.08. The van der Waals surface area contributed by atoms with Crippen LogP contribution >= 0.6 is 34.5 Å². The average molecular weight is 571 g/mol. The number of para-hydroxylation sites is 1. The highest BCUT2D eigenvalue weighted by atomic mass is 35.5. The van der Waals surface area contributed by atoms with Crippen LogP contribution in [0, 0.1) is 12.8 Å².